The molecule has 0 radical (unpaired) electrons. The number of nitrogens with zero attached hydrogens (tertiary/aromatic N) is 2. The molecule has 1 aliphatic carbocycles. The van der Waals surface area contributed by atoms with Gasteiger partial charge in [0.25, 0.3) is 0 Å². The Kier molecular flexibility index (Phi) is 4.27. The molecule has 2 heterocycles. The van der Waals surface area contributed by atoms with Gasteiger partial charge >= 0.3 is 0 Å². The summed E-state index contributed by atoms with van der Waals surface area (Å²) in [6.45, 7) is 6.44. The summed E-state index contributed by atoms with van der Waals surface area (Å²) >= 11 is 0. The van der Waals surface area contributed by atoms with E-state index in [1.807, 2.05) is 7.11 Å². The van der Waals surface area contributed by atoms with Gasteiger partial charge in [0.15, 0.2) is 5.82 Å². The zero-order chi connectivity index (χ0) is 14.9. The Morgan fingerprint density at radius 2 is 2.05 bits per heavy atom. The third-order valence-electron chi connectivity index (χ3n) is 5.23. The molecular weight excluding hydrogens is 262 g/mol. The maximum absolute atomic E-state index is 5.96. The van der Waals surface area contributed by atoms with Crippen molar-refractivity contribution < 1.29 is 4.74 Å². The number of fused-ring (bicyclic) bond motifs is 1. The molecule has 21 heavy (non-hydrogen) atoms. The van der Waals surface area contributed by atoms with Gasteiger partial charge in [-0.15, -0.1) is 0 Å². The average molecular weight is 289 g/mol. The van der Waals surface area contributed by atoms with Gasteiger partial charge in [0, 0.05) is 37.9 Å². The number of aryl methyl sites for hydroxylation is 1. The summed E-state index contributed by atoms with van der Waals surface area (Å²) in [7, 11) is 1.83. The van der Waals surface area contributed by atoms with Crippen LogP contribution in [-0.4, -0.2) is 23.6 Å². The Labute approximate surface area is 127 Å². The number of nitrogens with one attached hydrogen (secondary N) is 1. The van der Waals surface area contributed by atoms with E-state index in [9.17, 15) is 0 Å². The zero-order valence-electron chi connectivity index (χ0n) is 13.5. The largest absolute Gasteiger partial charge is 0.370 e. The van der Waals surface area contributed by atoms with Crippen LogP contribution in [0.25, 0.3) is 0 Å². The van der Waals surface area contributed by atoms with Gasteiger partial charge in [0.1, 0.15) is 5.60 Å². The van der Waals surface area contributed by atoms with Crippen LogP contribution in [0.4, 0.5) is 0 Å². The normalized spacial score (nSPS) is 29.2. The van der Waals surface area contributed by atoms with Crippen molar-refractivity contribution in [2.75, 3.05) is 13.7 Å². The Balaban J connectivity index is 2.00. The van der Waals surface area contributed by atoms with Crippen molar-refractivity contribution in [3.05, 3.63) is 22.8 Å². The van der Waals surface area contributed by atoms with Crippen molar-refractivity contribution in [1.82, 2.24) is 15.3 Å². The molecule has 0 atom stereocenters. The first-order valence-electron chi connectivity index (χ1n) is 8.33. The first-order valence-corrected chi connectivity index (χ1v) is 8.33. The lowest BCUT2D eigenvalue weighted by molar-refractivity contribution is -0.0600. The topological polar surface area (TPSA) is 47.0 Å². The van der Waals surface area contributed by atoms with Crippen LogP contribution in [0.1, 0.15) is 62.3 Å². The van der Waals surface area contributed by atoms with E-state index < -0.39 is 0 Å². The minimum Gasteiger partial charge on any atom is -0.370 e. The van der Waals surface area contributed by atoms with Crippen molar-refractivity contribution >= 4 is 0 Å². The lowest BCUT2D eigenvalue weighted by atomic mass is 9.78. The van der Waals surface area contributed by atoms with Crippen LogP contribution < -0.4 is 5.32 Å². The molecule has 3 rings (SSSR count). The van der Waals surface area contributed by atoms with Gasteiger partial charge in [-0.25, -0.2) is 9.97 Å². The quantitative estimate of drug-likeness (QED) is 0.929. The molecule has 0 amide bonds. The van der Waals surface area contributed by atoms with E-state index in [0.29, 0.717) is 0 Å². The monoisotopic (exact) mass is 289 g/mol. The molecule has 1 fully saturated rings. The summed E-state index contributed by atoms with van der Waals surface area (Å²) in [6.07, 6.45) is 6.48. The third-order valence-corrected chi connectivity index (χ3v) is 5.23. The van der Waals surface area contributed by atoms with Gasteiger partial charge < -0.3 is 10.1 Å². The molecular formula is C17H27N3O. The smallest absolute Gasteiger partial charge is 0.160 e. The van der Waals surface area contributed by atoms with E-state index in [0.717, 1.165) is 50.5 Å². The zero-order valence-corrected chi connectivity index (χ0v) is 13.5. The minimum atomic E-state index is -0.254. The van der Waals surface area contributed by atoms with Crippen molar-refractivity contribution in [3.8, 4) is 0 Å². The molecule has 0 saturated heterocycles. The first-order chi connectivity index (χ1) is 10.2. The van der Waals surface area contributed by atoms with Crippen LogP contribution >= 0.6 is 0 Å². The molecule has 0 spiro atoms. The summed E-state index contributed by atoms with van der Waals surface area (Å²) in [5, 5.41) is 3.43. The van der Waals surface area contributed by atoms with E-state index >= 15 is 0 Å². The summed E-state index contributed by atoms with van der Waals surface area (Å²) < 4.78 is 5.96. The van der Waals surface area contributed by atoms with Crippen molar-refractivity contribution in [1.29, 1.82) is 0 Å². The Morgan fingerprint density at radius 1 is 1.29 bits per heavy atom. The highest BCUT2D eigenvalue weighted by atomic mass is 16.5. The number of aromatic nitrogens is 2. The molecule has 1 aromatic rings. The second-order valence-electron chi connectivity index (χ2n) is 6.58. The molecule has 0 unspecified atom stereocenters. The van der Waals surface area contributed by atoms with E-state index in [4.69, 9.17) is 14.7 Å². The minimum absolute atomic E-state index is 0.254. The van der Waals surface area contributed by atoms with Crippen molar-refractivity contribution in [3.63, 3.8) is 0 Å². The molecule has 116 valence electrons. The predicted molar refractivity (Wildman–Crippen MR) is 83.1 cm³/mol. The molecule has 1 aromatic heterocycles. The highest BCUT2D eigenvalue weighted by Gasteiger charge is 2.39. The SMILES string of the molecule is CCc1nc(C2(OC)CCC(C)CC2)nc2c1CNCC2. The second-order valence-corrected chi connectivity index (χ2v) is 6.58. The summed E-state index contributed by atoms with van der Waals surface area (Å²) in [5.41, 5.74) is 3.52. The summed E-state index contributed by atoms with van der Waals surface area (Å²) in [5.74, 6) is 1.73. The van der Waals surface area contributed by atoms with Gasteiger partial charge in [0.05, 0.1) is 5.69 Å². The van der Waals surface area contributed by atoms with Crippen LogP contribution in [0.2, 0.25) is 0 Å². The fourth-order valence-corrected chi connectivity index (χ4v) is 3.66. The fourth-order valence-electron chi connectivity index (χ4n) is 3.66. The van der Waals surface area contributed by atoms with Crippen LogP contribution in [0, 0.1) is 5.92 Å². The summed E-state index contributed by atoms with van der Waals surface area (Å²) in [6, 6.07) is 0. The number of ether oxygens (including phenoxy) is 1. The number of hydrogen-bond donors (Lipinski definition) is 1. The van der Waals surface area contributed by atoms with Crippen LogP contribution in [0.15, 0.2) is 0 Å². The van der Waals surface area contributed by atoms with Gasteiger partial charge in [0.2, 0.25) is 0 Å². The first kappa shape index (κ1) is 14.9. The van der Waals surface area contributed by atoms with E-state index in [-0.39, 0.29) is 5.60 Å². The predicted octanol–water partition coefficient (Wildman–Crippen LogP) is 2.74. The molecule has 0 aromatic carbocycles. The highest BCUT2D eigenvalue weighted by molar-refractivity contribution is 5.29. The molecule has 1 aliphatic heterocycles. The standard InChI is InChI=1S/C17H27N3O/c1-4-14-13-11-18-10-7-15(13)20-16(19-14)17(21-3)8-5-12(2)6-9-17/h12,18H,4-11H2,1-3H3. The van der Waals surface area contributed by atoms with Crippen molar-refractivity contribution in [2.24, 2.45) is 5.92 Å². The molecule has 4 heteroatoms. The van der Waals surface area contributed by atoms with Gasteiger partial charge in [-0.3, -0.25) is 0 Å². The van der Waals surface area contributed by atoms with Crippen LogP contribution in [0.3, 0.4) is 0 Å². The second kappa shape index (κ2) is 6.01. The maximum atomic E-state index is 5.96. The van der Waals surface area contributed by atoms with Crippen LogP contribution in [-0.2, 0) is 29.7 Å². The van der Waals surface area contributed by atoms with E-state index in [1.165, 1.54) is 29.8 Å². The van der Waals surface area contributed by atoms with Gasteiger partial charge in [-0.2, -0.15) is 0 Å². The lowest BCUT2D eigenvalue weighted by Crippen LogP contribution is -2.37. The van der Waals surface area contributed by atoms with E-state index in [2.05, 4.69) is 19.2 Å². The van der Waals surface area contributed by atoms with Crippen LogP contribution in [0.5, 0.6) is 0 Å². The number of methoxy groups -OCH3 is 1. The Morgan fingerprint density at radius 3 is 2.71 bits per heavy atom. The number of rotatable bonds is 3. The average Bonchev–Trinajstić information content (AvgIpc) is 2.55. The third kappa shape index (κ3) is 2.71. The Hall–Kier alpha value is -1.00. The van der Waals surface area contributed by atoms with Gasteiger partial charge in [-0.05, 0) is 38.0 Å². The fraction of sp³-hybridized carbons (Fsp3) is 0.765. The van der Waals surface area contributed by atoms with Gasteiger partial charge in [-0.1, -0.05) is 13.8 Å². The maximum Gasteiger partial charge on any atom is 0.160 e. The molecule has 1 N–H and O–H groups in total. The summed E-state index contributed by atoms with van der Waals surface area (Å²) in [4.78, 5) is 9.86. The Bertz CT molecular complexity index is 490. The lowest BCUT2D eigenvalue weighted by Gasteiger charge is -2.37. The van der Waals surface area contributed by atoms with Crippen molar-refractivity contribution in [2.45, 2.75) is 64.5 Å². The van der Waals surface area contributed by atoms with E-state index in [1.54, 1.807) is 0 Å². The molecule has 1 saturated carbocycles. The molecule has 0 bridgehead atoms. The highest BCUT2D eigenvalue weighted by Crippen LogP contribution is 2.41. The number of hydrogen-bond acceptors (Lipinski definition) is 4. The molecule has 4 nitrogen and oxygen atoms in total. The molecule has 2 aliphatic rings.